The van der Waals surface area contributed by atoms with Crippen molar-refractivity contribution in [2.24, 2.45) is 0 Å². The van der Waals surface area contributed by atoms with Crippen molar-refractivity contribution in [3.63, 3.8) is 0 Å². The predicted molar refractivity (Wildman–Crippen MR) is 63.7 cm³/mol. The Kier molecular flexibility index (Phi) is 4.27. The van der Waals surface area contributed by atoms with Gasteiger partial charge in [-0.1, -0.05) is 20.8 Å². The van der Waals surface area contributed by atoms with Gasteiger partial charge in [0.25, 0.3) is 0 Å². The van der Waals surface area contributed by atoms with Crippen molar-refractivity contribution in [3.8, 4) is 0 Å². The number of oxazole rings is 1. The first-order valence-electron chi connectivity index (χ1n) is 5.30. The number of rotatable bonds is 4. The standard InChI is InChI=1S/C11H19NO3S/c1-8(16(14)6-5-13)10-12-7-9(15-10)11(2,3)4/h7-8,13H,5-6H2,1-4H3. The van der Waals surface area contributed by atoms with Crippen LogP contribution >= 0.6 is 0 Å². The van der Waals surface area contributed by atoms with E-state index in [9.17, 15) is 4.21 Å². The van der Waals surface area contributed by atoms with Crippen LogP contribution in [0.1, 0.15) is 44.6 Å². The van der Waals surface area contributed by atoms with Gasteiger partial charge in [-0.2, -0.15) is 0 Å². The van der Waals surface area contributed by atoms with Crippen molar-refractivity contribution in [2.45, 2.75) is 38.4 Å². The Bertz CT molecular complexity index is 368. The van der Waals surface area contributed by atoms with E-state index in [1.54, 1.807) is 13.1 Å². The van der Waals surface area contributed by atoms with Crippen molar-refractivity contribution < 1.29 is 13.7 Å². The molecule has 1 heterocycles. The van der Waals surface area contributed by atoms with E-state index in [1.165, 1.54) is 0 Å². The van der Waals surface area contributed by atoms with Crippen LogP contribution in [0.25, 0.3) is 0 Å². The molecule has 0 amide bonds. The van der Waals surface area contributed by atoms with E-state index in [4.69, 9.17) is 9.52 Å². The van der Waals surface area contributed by atoms with Crippen molar-refractivity contribution in [2.75, 3.05) is 12.4 Å². The summed E-state index contributed by atoms with van der Waals surface area (Å²) in [5.41, 5.74) is -0.0938. The summed E-state index contributed by atoms with van der Waals surface area (Å²) in [7, 11) is -1.14. The van der Waals surface area contributed by atoms with E-state index in [2.05, 4.69) is 4.98 Å². The molecular weight excluding hydrogens is 226 g/mol. The average Bonchev–Trinajstić information content (AvgIpc) is 2.65. The fourth-order valence-electron chi connectivity index (χ4n) is 1.20. The number of aliphatic hydroxyl groups excluding tert-OH is 1. The van der Waals surface area contributed by atoms with Gasteiger partial charge in [0.1, 0.15) is 11.0 Å². The molecule has 1 aromatic rings. The highest BCUT2D eigenvalue weighted by Crippen LogP contribution is 2.26. The maximum Gasteiger partial charge on any atom is 0.209 e. The van der Waals surface area contributed by atoms with Gasteiger partial charge in [-0.25, -0.2) is 4.98 Å². The van der Waals surface area contributed by atoms with Gasteiger partial charge >= 0.3 is 0 Å². The minimum atomic E-state index is -1.14. The second-order valence-corrected chi connectivity index (χ2v) is 6.64. The zero-order valence-electron chi connectivity index (χ0n) is 10.2. The highest BCUT2D eigenvalue weighted by atomic mass is 32.2. The van der Waals surface area contributed by atoms with Gasteiger partial charge in [-0.05, 0) is 6.92 Å². The van der Waals surface area contributed by atoms with Crippen LogP contribution in [0.3, 0.4) is 0 Å². The highest BCUT2D eigenvalue weighted by Gasteiger charge is 2.23. The van der Waals surface area contributed by atoms with Crippen LogP contribution in [0.4, 0.5) is 0 Å². The average molecular weight is 245 g/mol. The topological polar surface area (TPSA) is 63.3 Å². The monoisotopic (exact) mass is 245 g/mol. The van der Waals surface area contributed by atoms with Gasteiger partial charge < -0.3 is 9.52 Å². The molecule has 0 bridgehead atoms. The molecule has 92 valence electrons. The second-order valence-electron chi connectivity index (χ2n) is 4.76. The summed E-state index contributed by atoms with van der Waals surface area (Å²) in [6.07, 6.45) is 1.68. The SMILES string of the molecule is CC(c1ncc(C(C)(C)C)o1)S(=O)CCO. The van der Waals surface area contributed by atoms with Crippen LogP contribution in [0.5, 0.6) is 0 Å². The van der Waals surface area contributed by atoms with Crippen molar-refractivity contribution in [1.29, 1.82) is 0 Å². The molecule has 1 rings (SSSR count). The van der Waals surface area contributed by atoms with Crippen molar-refractivity contribution in [1.82, 2.24) is 4.98 Å². The zero-order chi connectivity index (χ0) is 12.3. The van der Waals surface area contributed by atoms with Crippen LogP contribution < -0.4 is 0 Å². The van der Waals surface area contributed by atoms with Crippen LogP contribution in [0, 0.1) is 0 Å². The normalized spacial score (nSPS) is 16.1. The molecule has 1 aromatic heterocycles. The Morgan fingerprint density at radius 2 is 2.19 bits per heavy atom. The summed E-state index contributed by atoms with van der Waals surface area (Å²) in [6, 6.07) is 0. The number of aromatic nitrogens is 1. The minimum Gasteiger partial charge on any atom is -0.444 e. The first kappa shape index (κ1) is 13.4. The molecule has 0 fully saturated rings. The molecule has 0 aliphatic carbocycles. The van der Waals surface area contributed by atoms with E-state index >= 15 is 0 Å². The van der Waals surface area contributed by atoms with Gasteiger partial charge in [0, 0.05) is 22.0 Å². The van der Waals surface area contributed by atoms with Crippen molar-refractivity contribution in [3.05, 3.63) is 17.8 Å². The Morgan fingerprint density at radius 3 is 2.62 bits per heavy atom. The van der Waals surface area contributed by atoms with E-state index in [0.29, 0.717) is 5.89 Å². The van der Waals surface area contributed by atoms with Crippen LogP contribution in [-0.4, -0.2) is 26.7 Å². The molecule has 2 atom stereocenters. The van der Waals surface area contributed by atoms with E-state index < -0.39 is 10.8 Å². The summed E-state index contributed by atoms with van der Waals surface area (Å²) in [6.45, 7) is 7.82. The van der Waals surface area contributed by atoms with Crippen LogP contribution in [0.15, 0.2) is 10.6 Å². The smallest absolute Gasteiger partial charge is 0.209 e. The lowest BCUT2D eigenvalue weighted by molar-refractivity contribution is 0.320. The number of nitrogens with zero attached hydrogens (tertiary/aromatic N) is 1. The van der Waals surface area contributed by atoms with Gasteiger partial charge in [0.05, 0.1) is 12.8 Å². The second kappa shape index (κ2) is 5.10. The van der Waals surface area contributed by atoms with Gasteiger partial charge in [0.2, 0.25) is 5.89 Å². The number of hydrogen-bond donors (Lipinski definition) is 1. The quantitative estimate of drug-likeness (QED) is 0.878. The molecule has 16 heavy (non-hydrogen) atoms. The molecule has 0 saturated carbocycles. The molecule has 0 aliphatic heterocycles. The maximum atomic E-state index is 11.7. The summed E-state index contributed by atoms with van der Waals surface area (Å²) >= 11 is 0. The predicted octanol–water partition coefficient (Wildman–Crippen LogP) is 1.77. The fourth-order valence-corrected chi connectivity index (χ4v) is 2.07. The van der Waals surface area contributed by atoms with Gasteiger partial charge in [0.15, 0.2) is 0 Å². The number of hydrogen-bond acceptors (Lipinski definition) is 4. The fraction of sp³-hybridized carbons (Fsp3) is 0.727. The molecule has 5 heteroatoms. The van der Waals surface area contributed by atoms with Gasteiger partial charge in [-0.15, -0.1) is 0 Å². The Labute approximate surface area is 98.5 Å². The Morgan fingerprint density at radius 1 is 1.56 bits per heavy atom. The lowest BCUT2D eigenvalue weighted by atomic mass is 9.94. The lowest BCUT2D eigenvalue weighted by Gasteiger charge is -2.13. The molecule has 1 N–H and O–H groups in total. The summed E-state index contributed by atoms with van der Waals surface area (Å²) < 4.78 is 17.2. The summed E-state index contributed by atoms with van der Waals surface area (Å²) in [5.74, 6) is 1.53. The molecule has 0 saturated heterocycles. The molecular formula is C11H19NO3S. The molecule has 2 unspecified atom stereocenters. The minimum absolute atomic E-state index is 0.0796. The van der Waals surface area contributed by atoms with E-state index in [1.807, 2.05) is 20.8 Å². The third-order valence-corrected chi connectivity index (χ3v) is 3.87. The maximum absolute atomic E-state index is 11.7. The molecule has 0 radical (unpaired) electrons. The van der Waals surface area contributed by atoms with Crippen LogP contribution in [0.2, 0.25) is 0 Å². The summed E-state index contributed by atoms with van der Waals surface area (Å²) in [4.78, 5) is 4.14. The first-order chi connectivity index (χ1) is 7.36. The highest BCUT2D eigenvalue weighted by molar-refractivity contribution is 7.85. The van der Waals surface area contributed by atoms with E-state index in [0.717, 1.165) is 5.76 Å². The zero-order valence-corrected chi connectivity index (χ0v) is 11.0. The molecule has 4 nitrogen and oxygen atoms in total. The Hall–Kier alpha value is -0.680. The largest absolute Gasteiger partial charge is 0.444 e. The Balaban J connectivity index is 2.82. The molecule has 0 aromatic carbocycles. The lowest BCUT2D eigenvalue weighted by Crippen LogP contribution is -2.11. The number of aliphatic hydroxyl groups is 1. The summed E-state index contributed by atoms with van der Waals surface area (Å²) in [5, 5.41) is 8.45. The third-order valence-electron chi connectivity index (χ3n) is 2.30. The molecule has 0 aliphatic rings. The van der Waals surface area contributed by atoms with Crippen LogP contribution in [-0.2, 0) is 16.2 Å². The first-order valence-corrected chi connectivity index (χ1v) is 6.68. The van der Waals surface area contributed by atoms with E-state index in [-0.39, 0.29) is 23.0 Å². The van der Waals surface area contributed by atoms with Gasteiger partial charge in [-0.3, -0.25) is 4.21 Å². The third kappa shape index (κ3) is 3.15. The van der Waals surface area contributed by atoms with Crippen molar-refractivity contribution >= 4 is 10.8 Å². The molecule has 0 spiro atoms.